The second-order valence-corrected chi connectivity index (χ2v) is 4.74. The van der Waals surface area contributed by atoms with Gasteiger partial charge in [0, 0.05) is 13.6 Å². The molecule has 4 nitrogen and oxygen atoms in total. The third-order valence-electron chi connectivity index (χ3n) is 3.20. The van der Waals surface area contributed by atoms with Gasteiger partial charge in [0.2, 0.25) is 0 Å². The average Bonchev–Trinajstić information content (AvgIpc) is 2.40. The predicted molar refractivity (Wildman–Crippen MR) is 77.5 cm³/mol. The lowest BCUT2D eigenvalue weighted by atomic mass is 10.1. The Balaban J connectivity index is 2.37. The monoisotopic (exact) mass is 264 g/mol. The molecule has 0 aliphatic heterocycles. The second-order valence-electron chi connectivity index (χ2n) is 4.74. The predicted octanol–water partition coefficient (Wildman–Crippen LogP) is 3.08. The zero-order chi connectivity index (χ0) is 14.3. The number of carbonyl (C=O) groups is 1. The van der Waals surface area contributed by atoms with Crippen LogP contribution >= 0.6 is 0 Å². The molecule has 0 fully saturated rings. The van der Waals surface area contributed by atoms with Crippen molar-refractivity contribution in [2.45, 2.75) is 33.6 Å². The Morgan fingerprint density at radius 1 is 1.37 bits per heavy atom. The fourth-order valence-electron chi connectivity index (χ4n) is 1.69. The molecule has 1 aromatic carbocycles. The van der Waals surface area contributed by atoms with Crippen LogP contribution in [0.25, 0.3) is 0 Å². The van der Waals surface area contributed by atoms with Crippen LogP contribution in [0.4, 0.5) is 4.79 Å². The van der Waals surface area contributed by atoms with Crippen molar-refractivity contribution in [3.63, 3.8) is 0 Å². The minimum Gasteiger partial charge on any atom is -0.473 e. The summed E-state index contributed by atoms with van der Waals surface area (Å²) in [6.45, 7) is 7.12. The Hall–Kier alpha value is -1.71. The summed E-state index contributed by atoms with van der Waals surface area (Å²) in [5, 5.41) is 2.75. The number of rotatable bonds is 6. The molecule has 0 aliphatic rings. The van der Waals surface area contributed by atoms with E-state index in [4.69, 9.17) is 4.74 Å². The number of nitrogens with one attached hydrogen (secondary N) is 1. The van der Waals surface area contributed by atoms with E-state index >= 15 is 0 Å². The standard InChI is InChI=1S/C15H24N2O2/c1-5-6-10-17(4)15(18)16-11-19-14-9-7-8-12(2)13(14)3/h7-9H,5-6,10-11H2,1-4H3,(H,16,18). The molecule has 0 atom stereocenters. The van der Waals surface area contributed by atoms with Crippen LogP contribution in [0.2, 0.25) is 0 Å². The van der Waals surface area contributed by atoms with E-state index < -0.39 is 0 Å². The number of hydrogen-bond donors (Lipinski definition) is 1. The molecule has 1 N–H and O–H groups in total. The number of benzene rings is 1. The number of urea groups is 1. The normalized spacial score (nSPS) is 10.1. The first kappa shape index (κ1) is 15.3. The molecule has 0 saturated carbocycles. The van der Waals surface area contributed by atoms with E-state index in [2.05, 4.69) is 12.2 Å². The average molecular weight is 264 g/mol. The van der Waals surface area contributed by atoms with Crippen molar-refractivity contribution in [1.29, 1.82) is 0 Å². The van der Waals surface area contributed by atoms with Gasteiger partial charge in [-0.25, -0.2) is 4.79 Å². The summed E-state index contributed by atoms with van der Waals surface area (Å²) in [5.74, 6) is 0.816. The first-order chi connectivity index (χ1) is 9.06. The van der Waals surface area contributed by atoms with E-state index in [1.165, 1.54) is 5.56 Å². The fourth-order valence-corrected chi connectivity index (χ4v) is 1.69. The van der Waals surface area contributed by atoms with Gasteiger partial charge in [0.1, 0.15) is 5.75 Å². The zero-order valence-electron chi connectivity index (χ0n) is 12.3. The number of ether oxygens (including phenoxy) is 1. The smallest absolute Gasteiger partial charge is 0.319 e. The van der Waals surface area contributed by atoms with Crippen LogP contribution in [0.5, 0.6) is 5.75 Å². The third-order valence-corrected chi connectivity index (χ3v) is 3.20. The first-order valence-electron chi connectivity index (χ1n) is 6.74. The molecule has 0 aromatic heterocycles. The van der Waals surface area contributed by atoms with E-state index in [9.17, 15) is 4.79 Å². The maximum Gasteiger partial charge on any atom is 0.319 e. The molecule has 19 heavy (non-hydrogen) atoms. The Labute approximate surface area is 115 Å². The maximum atomic E-state index is 11.7. The van der Waals surface area contributed by atoms with Crippen molar-refractivity contribution in [2.24, 2.45) is 0 Å². The second kappa shape index (κ2) is 7.67. The molecule has 0 unspecified atom stereocenters. The molecular weight excluding hydrogens is 240 g/mol. The van der Waals surface area contributed by atoms with Crippen LogP contribution in [-0.2, 0) is 0 Å². The summed E-state index contributed by atoms with van der Waals surface area (Å²) in [6, 6.07) is 5.81. The van der Waals surface area contributed by atoms with E-state index in [0.717, 1.165) is 30.7 Å². The highest BCUT2D eigenvalue weighted by Gasteiger charge is 2.07. The van der Waals surface area contributed by atoms with Gasteiger partial charge in [-0.3, -0.25) is 0 Å². The maximum absolute atomic E-state index is 11.7. The van der Waals surface area contributed by atoms with Gasteiger partial charge in [0.05, 0.1) is 0 Å². The Bertz CT molecular complexity index is 419. The number of amides is 2. The lowest BCUT2D eigenvalue weighted by Crippen LogP contribution is -2.39. The van der Waals surface area contributed by atoms with Crippen molar-refractivity contribution < 1.29 is 9.53 Å². The number of nitrogens with zero attached hydrogens (tertiary/aromatic N) is 1. The van der Waals surface area contributed by atoms with Crippen LogP contribution < -0.4 is 10.1 Å². The van der Waals surface area contributed by atoms with Crippen molar-refractivity contribution in [2.75, 3.05) is 20.3 Å². The molecule has 106 valence electrons. The lowest BCUT2D eigenvalue weighted by molar-refractivity contribution is 0.193. The Morgan fingerprint density at radius 3 is 2.79 bits per heavy atom. The summed E-state index contributed by atoms with van der Waals surface area (Å²) in [6.07, 6.45) is 2.10. The van der Waals surface area contributed by atoms with Crippen molar-refractivity contribution in [3.8, 4) is 5.75 Å². The molecule has 2 amide bonds. The van der Waals surface area contributed by atoms with Crippen LogP contribution in [-0.4, -0.2) is 31.3 Å². The van der Waals surface area contributed by atoms with Gasteiger partial charge < -0.3 is 15.0 Å². The van der Waals surface area contributed by atoms with Gasteiger partial charge in [-0.2, -0.15) is 0 Å². The van der Waals surface area contributed by atoms with Gasteiger partial charge in [-0.1, -0.05) is 25.5 Å². The highest BCUT2D eigenvalue weighted by molar-refractivity contribution is 5.73. The first-order valence-corrected chi connectivity index (χ1v) is 6.74. The highest BCUT2D eigenvalue weighted by Crippen LogP contribution is 2.19. The number of hydrogen-bond acceptors (Lipinski definition) is 2. The molecule has 0 spiro atoms. The SMILES string of the molecule is CCCCN(C)C(=O)NCOc1cccc(C)c1C. The molecule has 1 aromatic rings. The number of aryl methyl sites for hydroxylation is 1. The van der Waals surface area contributed by atoms with Gasteiger partial charge in [0.25, 0.3) is 0 Å². The summed E-state index contributed by atoms with van der Waals surface area (Å²) in [5.41, 5.74) is 2.29. The zero-order valence-corrected chi connectivity index (χ0v) is 12.3. The van der Waals surface area contributed by atoms with Gasteiger partial charge in [0.15, 0.2) is 6.73 Å². The van der Waals surface area contributed by atoms with Crippen molar-refractivity contribution >= 4 is 6.03 Å². The molecule has 0 heterocycles. The minimum absolute atomic E-state index is 0.0984. The highest BCUT2D eigenvalue weighted by atomic mass is 16.5. The van der Waals surface area contributed by atoms with Gasteiger partial charge >= 0.3 is 6.03 Å². The largest absolute Gasteiger partial charge is 0.473 e. The van der Waals surface area contributed by atoms with E-state index in [-0.39, 0.29) is 12.8 Å². The molecule has 4 heteroatoms. The van der Waals surface area contributed by atoms with Crippen molar-refractivity contribution in [1.82, 2.24) is 10.2 Å². The van der Waals surface area contributed by atoms with Gasteiger partial charge in [-0.05, 0) is 37.5 Å². The molecule has 0 bridgehead atoms. The lowest BCUT2D eigenvalue weighted by Gasteiger charge is -2.18. The summed E-state index contributed by atoms with van der Waals surface area (Å²) >= 11 is 0. The van der Waals surface area contributed by atoms with Gasteiger partial charge in [-0.15, -0.1) is 0 Å². The minimum atomic E-state index is -0.0984. The van der Waals surface area contributed by atoms with E-state index in [1.54, 1.807) is 11.9 Å². The van der Waals surface area contributed by atoms with Crippen LogP contribution in [0.1, 0.15) is 30.9 Å². The summed E-state index contributed by atoms with van der Waals surface area (Å²) in [7, 11) is 1.79. The molecule has 1 rings (SSSR count). The fraction of sp³-hybridized carbons (Fsp3) is 0.533. The summed E-state index contributed by atoms with van der Waals surface area (Å²) in [4.78, 5) is 13.4. The van der Waals surface area contributed by atoms with Crippen LogP contribution in [0, 0.1) is 13.8 Å². The number of unbranched alkanes of at least 4 members (excludes halogenated alkanes) is 1. The number of carbonyl (C=O) groups excluding carboxylic acids is 1. The van der Waals surface area contributed by atoms with Crippen LogP contribution in [0.3, 0.4) is 0 Å². The topological polar surface area (TPSA) is 41.6 Å². The Kier molecular flexibility index (Phi) is 6.19. The van der Waals surface area contributed by atoms with E-state index in [1.807, 2.05) is 32.0 Å². The van der Waals surface area contributed by atoms with Crippen molar-refractivity contribution in [3.05, 3.63) is 29.3 Å². The molecular formula is C15H24N2O2. The molecule has 0 saturated heterocycles. The van der Waals surface area contributed by atoms with E-state index in [0.29, 0.717) is 0 Å². The third kappa shape index (κ3) is 4.81. The Morgan fingerprint density at radius 2 is 2.11 bits per heavy atom. The molecule has 0 radical (unpaired) electrons. The van der Waals surface area contributed by atoms with Crippen LogP contribution in [0.15, 0.2) is 18.2 Å². The molecule has 0 aliphatic carbocycles. The quantitative estimate of drug-likeness (QED) is 0.802. The summed E-state index contributed by atoms with van der Waals surface area (Å²) < 4.78 is 5.58.